The number of nitro benzene ring substituents is 1. The van der Waals surface area contributed by atoms with Gasteiger partial charge in [0.15, 0.2) is 0 Å². The van der Waals surface area contributed by atoms with Gasteiger partial charge in [0.2, 0.25) is 0 Å². The molecule has 0 atom stereocenters. The molecule has 0 bridgehead atoms. The topological polar surface area (TPSA) is 68.1 Å². The number of anilines is 1. The standard InChI is InChI=1S/C12H15N3O2S/c1-3-4-5-13-9-6-10-12(18-8(2)14-10)7-11(9)15(16)17/h6-7,13H,3-5H2,1-2H3. The highest BCUT2D eigenvalue weighted by Gasteiger charge is 2.16. The normalized spacial score (nSPS) is 10.8. The molecule has 0 radical (unpaired) electrons. The lowest BCUT2D eigenvalue weighted by atomic mass is 10.2. The molecule has 0 unspecified atom stereocenters. The first kappa shape index (κ1) is 12.8. The van der Waals surface area contributed by atoms with Crippen LogP contribution in [0.15, 0.2) is 12.1 Å². The van der Waals surface area contributed by atoms with Crippen molar-refractivity contribution in [2.75, 3.05) is 11.9 Å². The van der Waals surface area contributed by atoms with Crippen LogP contribution in [0.2, 0.25) is 0 Å². The molecule has 0 amide bonds. The van der Waals surface area contributed by atoms with Crippen LogP contribution in [-0.4, -0.2) is 16.5 Å². The smallest absolute Gasteiger partial charge is 0.293 e. The van der Waals surface area contributed by atoms with Crippen LogP contribution in [0, 0.1) is 17.0 Å². The Labute approximate surface area is 109 Å². The molecular formula is C12H15N3O2S. The second-order valence-corrected chi connectivity index (χ2v) is 5.34. The van der Waals surface area contributed by atoms with Gasteiger partial charge in [-0.2, -0.15) is 0 Å². The molecule has 5 nitrogen and oxygen atoms in total. The van der Waals surface area contributed by atoms with E-state index in [-0.39, 0.29) is 10.6 Å². The lowest BCUT2D eigenvalue weighted by molar-refractivity contribution is -0.383. The van der Waals surface area contributed by atoms with Crippen molar-refractivity contribution in [3.63, 3.8) is 0 Å². The van der Waals surface area contributed by atoms with Gasteiger partial charge in [-0.1, -0.05) is 13.3 Å². The number of hydrogen-bond donors (Lipinski definition) is 1. The SMILES string of the molecule is CCCCNc1cc2nc(C)sc2cc1[N+](=O)[O-]. The number of nitro groups is 1. The zero-order valence-corrected chi connectivity index (χ0v) is 11.2. The summed E-state index contributed by atoms with van der Waals surface area (Å²) >= 11 is 1.48. The fourth-order valence-corrected chi connectivity index (χ4v) is 2.61. The van der Waals surface area contributed by atoms with E-state index in [1.54, 1.807) is 12.1 Å². The minimum atomic E-state index is -0.344. The van der Waals surface area contributed by atoms with E-state index in [9.17, 15) is 10.1 Å². The quantitative estimate of drug-likeness (QED) is 0.508. The summed E-state index contributed by atoms with van der Waals surface area (Å²) in [4.78, 5) is 15.1. The lowest BCUT2D eigenvalue weighted by Crippen LogP contribution is -2.03. The first-order valence-electron chi connectivity index (χ1n) is 5.91. The molecule has 0 saturated carbocycles. The number of thiazole rings is 1. The van der Waals surface area contributed by atoms with Gasteiger partial charge in [-0.05, 0) is 19.4 Å². The van der Waals surface area contributed by atoms with E-state index in [1.807, 2.05) is 6.92 Å². The summed E-state index contributed by atoms with van der Waals surface area (Å²) in [7, 11) is 0. The maximum atomic E-state index is 11.1. The van der Waals surface area contributed by atoms with Gasteiger partial charge in [0, 0.05) is 12.6 Å². The molecule has 0 aliphatic carbocycles. The number of rotatable bonds is 5. The molecule has 1 heterocycles. The van der Waals surface area contributed by atoms with E-state index >= 15 is 0 Å². The second-order valence-electron chi connectivity index (χ2n) is 4.11. The number of fused-ring (bicyclic) bond motifs is 1. The van der Waals surface area contributed by atoms with Crippen LogP contribution < -0.4 is 5.32 Å². The number of hydrogen-bond acceptors (Lipinski definition) is 5. The van der Waals surface area contributed by atoms with E-state index in [4.69, 9.17) is 0 Å². The maximum Gasteiger partial charge on any atom is 0.293 e. The van der Waals surface area contributed by atoms with Crippen molar-refractivity contribution in [2.45, 2.75) is 26.7 Å². The van der Waals surface area contributed by atoms with Crippen LogP contribution in [-0.2, 0) is 0 Å². The van der Waals surface area contributed by atoms with Gasteiger partial charge in [-0.3, -0.25) is 10.1 Å². The zero-order chi connectivity index (χ0) is 13.1. The molecule has 0 spiro atoms. The number of nitrogens with one attached hydrogen (secondary N) is 1. The third kappa shape index (κ3) is 2.59. The predicted octanol–water partition coefficient (Wildman–Crippen LogP) is 3.72. The molecule has 0 aliphatic heterocycles. The fraction of sp³-hybridized carbons (Fsp3) is 0.417. The average molecular weight is 265 g/mol. The Morgan fingerprint density at radius 2 is 2.28 bits per heavy atom. The van der Waals surface area contributed by atoms with Crippen molar-refractivity contribution in [3.8, 4) is 0 Å². The fourth-order valence-electron chi connectivity index (χ4n) is 1.77. The number of unbranched alkanes of at least 4 members (excludes halogenated alkanes) is 1. The van der Waals surface area contributed by atoms with E-state index < -0.39 is 0 Å². The van der Waals surface area contributed by atoms with Crippen LogP contribution in [0.5, 0.6) is 0 Å². The Kier molecular flexibility index (Phi) is 3.76. The molecule has 2 aromatic rings. The summed E-state index contributed by atoms with van der Waals surface area (Å²) in [6.45, 7) is 4.73. The molecule has 1 N–H and O–H groups in total. The van der Waals surface area contributed by atoms with E-state index in [2.05, 4.69) is 17.2 Å². The Balaban J connectivity index is 2.40. The average Bonchev–Trinajstić information content (AvgIpc) is 2.67. The van der Waals surface area contributed by atoms with Crippen LogP contribution in [0.1, 0.15) is 24.8 Å². The molecule has 0 saturated heterocycles. The highest BCUT2D eigenvalue weighted by molar-refractivity contribution is 7.18. The first-order chi connectivity index (χ1) is 8.61. The van der Waals surface area contributed by atoms with Crippen molar-refractivity contribution < 1.29 is 4.92 Å². The summed E-state index contributed by atoms with van der Waals surface area (Å²) in [5.41, 5.74) is 1.51. The van der Waals surface area contributed by atoms with Gasteiger partial charge >= 0.3 is 0 Å². The van der Waals surface area contributed by atoms with Gasteiger partial charge in [0.1, 0.15) is 5.69 Å². The van der Waals surface area contributed by atoms with Crippen LogP contribution in [0.4, 0.5) is 11.4 Å². The minimum Gasteiger partial charge on any atom is -0.379 e. The largest absolute Gasteiger partial charge is 0.379 e. The van der Waals surface area contributed by atoms with Gasteiger partial charge in [0.05, 0.1) is 20.1 Å². The molecule has 0 aliphatic rings. The minimum absolute atomic E-state index is 0.127. The van der Waals surface area contributed by atoms with Gasteiger partial charge in [-0.25, -0.2) is 4.98 Å². The highest BCUT2D eigenvalue weighted by atomic mass is 32.1. The van der Waals surface area contributed by atoms with Crippen LogP contribution >= 0.6 is 11.3 Å². The number of aryl methyl sites for hydroxylation is 1. The molecular weight excluding hydrogens is 250 g/mol. The predicted molar refractivity (Wildman–Crippen MR) is 74.4 cm³/mol. The highest BCUT2D eigenvalue weighted by Crippen LogP contribution is 2.32. The molecule has 2 rings (SSSR count). The molecule has 1 aromatic heterocycles. The third-order valence-corrected chi connectivity index (χ3v) is 3.59. The Bertz CT molecular complexity index is 580. The van der Waals surface area contributed by atoms with E-state index in [1.165, 1.54) is 11.3 Å². The first-order valence-corrected chi connectivity index (χ1v) is 6.73. The Morgan fingerprint density at radius 3 is 2.94 bits per heavy atom. The maximum absolute atomic E-state index is 11.1. The molecule has 1 aromatic carbocycles. The summed E-state index contributed by atoms with van der Waals surface area (Å²) < 4.78 is 0.861. The second kappa shape index (κ2) is 5.30. The number of benzene rings is 1. The van der Waals surface area contributed by atoms with Gasteiger partial charge < -0.3 is 5.32 Å². The van der Waals surface area contributed by atoms with Crippen LogP contribution in [0.25, 0.3) is 10.2 Å². The van der Waals surface area contributed by atoms with Gasteiger partial charge in [-0.15, -0.1) is 11.3 Å². The van der Waals surface area contributed by atoms with Gasteiger partial charge in [0.25, 0.3) is 5.69 Å². The van der Waals surface area contributed by atoms with Crippen LogP contribution in [0.3, 0.4) is 0 Å². The van der Waals surface area contributed by atoms with E-state index in [0.29, 0.717) is 5.69 Å². The van der Waals surface area contributed by atoms with Crippen molar-refractivity contribution in [1.29, 1.82) is 0 Å². The summed E-state index contributed by atoms with van der Waals surface area (Å²) in [5, 5.41) is 15.1. The lowest BCUT2D eigenvalue weighted by Gasteiger charge is -2.06. The van der Waals surface area contributed by atoms with Crippen molar-refractivity contribution in [1.82, 2.24) is 4.98 Å². The third-order valence-electron chi connectivity index (χ3n) is 2.66. The molecule has 6 heteroatoms. The van der Waals surface area contributed by atoms with Crippen molar-refractivity contribution in [3.05, 3.63) is 27.3 Å². The summed E-state index contributed by atoms with van der Waals surface area (Å²) in [6, 6.07) is 3.38. The number of aromatic nitrogens is 1. The molecule has 0 fully saturated rings. The van der Waals surface area contributed by atoms with Crippen molar-refractivity contribution >= 4 is 32.9 Å². The summed E-state index contributed by atoms with van der Waals surface area (Å²) in [6.07, 6.45) is 2.05. The number of nitrogens with zero attached hydrogens (tertiary/aromatic N) is 2. The summed E-state index contributed by atoms with van der Waals surface area (Å²) in [5.74, 6) is 0. The monoisotopic (exact) mass is 265 g/mol. The zero-order valence-electron chi connectivity index (χ0n) is 10.4. The van der Waals surface area contributed by atoms with E-state index in [0.717, 1.165) is 34.6 Å². The Hall–Kier alpha value is -1.69. The molecule has 96 valence electrons. The Morgan fingerprint density at radius 1 is 1.50 bits per heavy atom. The molecule has 18 heavy (non-hydrogen) atoms. The van der Waals surface area contributed by atoms with Crippen molar-refractivity contribution in [2.24, 2.45) is 0 Å².